The Balaban J connectivity index is 1.59. The van der Waals surface area contributed by atoms with Crippen molar-refractivity contribution in [3.63, 3.8) is 0 Å². The van der Waals surface area contributed by atoms with Crippen LogP contribution in [0.5, 0.6) is 0 Å². The van der Waals surface area contributed by atoms with Crippen LogP contribution < -0.4 is 10.0 Å². The summed E-state index contributed by atoms with van der Waals surface area (Å²) < 4.78 is 29.1. The first-order chi connectivity index (χ1) is 13.7. The Hall–Kier alpha value is -2.55. The minimum absolute atomic E-state index is 0.00533. The van der Waals surface area contributed by atoms with Crippen LogP contribution in [0.4, 0.5) is 5.69 Å². The highest BCUT2D eigenvalue weighted by Gasteiger charge is 2.16. The topological polar surface area (TPSA) is 93.1 Å². The van der Waals surface area contributed by atoms with Crippen molar-refractivity contribution in [1.82, 2.24) is 15.1 Å². The highest BCUT2D eigenvalue weighted by atomic mass is 35.5. The second-order valence-electron chi connectivity index (χ2n) is 6.35. The fraction of sp³-hybridized carbons (Fsp3) is 0.158. The summed E-state index contributed by atoms with van der Waals surface area (Å²) in [5.74, 6) is -0.141. The molecule has 0 saturated carbocycles. The molecule has 2 aromatic carbocycles. The van der Waals surface area contributed by atoms with E-state index in [2.05, 4.69) is 15.1 Å². The summed E-state index contributed by atoms with van der Waals surface area (Å²) in [6, 6.07) is 10.7. The Morgan fingerprint density at radius 2 is 1.79 bits per heavy atom. The van der Waals surface area contributed by atoms with E-state index in [1.54, 1.807) is 35.1 Å². The van der Waals surface area contributed by atoms with Crippen LogP contribution in [-0.4, -0.2) is 24.1 Å². The van der Waals surface area contributed by atoms with Gasteiger partial charge in [0.1, 0.15) is 0 Å². The monoisotopic (exact) mass is 452 g/mol. The Morgan fingerprint density at radius 3 is 2.41 bits per heavy atom. The predicted octanol–water partition coefficient (Wildman–Crippen LogP) is 3.39. The van der Waals surface area contributed by atoms with Crippen molar-refractivity contribution in [2.45, 2.75) is 17.9 Å². The van der Waals surface area contributed by atoms with E-state index in [0.717, 1.165) is 11.1 Å². The number of hydrogen-bond acceptors (Lipinski definition) is 4. The fourth-order valence-corrected chi connectivity index (χ4v) is 4.01. The number of benzene rings is 2. The fourth-order valence-electron chi connectivity index (χ4n) is 2.56. The van der Waals surface area contributed by atoms with Crippen LogP contribution in [0.25, 0.3) is 0 Å². The van der Waals surface area contributed by atoms with Gasteiger partial charge < -0.3 is 5.32 Å². The molecular formula is C19H18Cl2N4O3S. The third-order valence-corrected chi connectivity index (χ3v) is 6.14. The van der Waals surface area contributed by atoms with Crippen LogP contribution >= 0.6 is 23.2 Å². The maximum atomic E-state index is 12.5. The summed E-state index contributed by atoms with van der Waals surface area (Å²) in [5, 5.41) is 7.29. The van der Waals surface area contributed by atoms with Gasteiger partial charge in [0.15, 0.2) is 0 Å². The molecule has 1 amide bonds. The van der Waals surface area contributed by atoms with Gasteiger partial charge in [-0.15, -0.1) is 0 Å². The maximum absolute atomic E-state index is 12.5. The number of rotatable bonds is 7. The van der Waals surface area contributed by atoms with Gasteiger partial charge in [0, 0.05) is 31.0 Å². The number of aromatic nitrogens is 2. The van der Waals surface area contributed by atoms with Crippen LogP contribution in [0.15, 0.2) is 59.8 Å². The molecule has 7 nitrogen and oxygen atoms in total. The van der Waals surface area contributed by atoms with E-state index < -0.39 is 10.0 Å². The van der Waals surface area contributed by atoms with Gasteiger partial charge in [0.25, 0.3) is 10.0 Å². The van der Waals surface area contributed by atoms with Gasteiger partial charge in [-0.1, -0.05) is 35.3 Å². The van der Waals surface area contributed by atoms with E-state index in [1.165, 1.54) is 18.2 Å². The summed E-state index contributed by atoms with van der Waals surface area (Å²) in [7, 11) is -2.00. The van der Waals surface area contributed by atoms with Gasteiger partial charge in [-0.3, -0.25) is 14.2 Å². The summed E-state index contributed by atoms with van der Waals surface area (Å²) >= 11 is 11.7. The van der Waals surface area contributed by atoms with E-state index in [4.69, 9.17) is 23.2 Å². The molecule has 0 aliphatic carbocycles. The van der Waals surface area contributed by atoms with Crippen molar-refractivity contribution >= 4 is 44.8 Å². The second kappa shape index (κ2) is 8.86. The highest BCUT2D eigenvalue weighted by molar-refractivity contribution is 7.92. The zero-order chi connectivity index (χ0) is 21.0. The molecule has 0 spiro atoms. The van der Waals surface area contributed by atoms with Gasteiger partial charge in [-0.25, -0.2) is 8.42 Å². The summed E-state index contributed by atoms with van der Waals surface area (Å²) in [4.78, 5) is 12.1. The van der Waals surface area contributed by atoms with E-state index in [1.807, 2.05) is 13.2 Å². The van der Waals surface area contributed by atoms with Gasteiger partial charge in [0.2, 0.25) is 5.91 Å². The predicted molar refractivity (Wildman–Crippen MR) is 112 cm³/mol. The Bertz CT molecular complexity index is 1130. The highest BCUT2D eigenvalue weighted by Crippen LogP contribution is 2.26. The number of nitrogens with zero attached hydrogens (tertiary/aromatic N) is 2. The van der Waals surface area contributed by atoms with Crippen molar-refractivity contribution < 1.29 is 13.2 Å². The molecule has 0 fully saturated rings. The quantitative estimate of drug-likeness (QED) is 0.574. The van der Waals surface area contributed by atoms with Crippen molar-refractivity contribution in [1.29, 1.82) is 0 Å². The third-order valence-electron chi connectivity index (χ3n) is 4.02. The SMILES string of the molecule is Cn1cc(CNC(=O)Cc2ccc(NS(=O)(=O)c3ccc(Cl)c(Cl)c3)cc2)cn1. The lowest BCUT2D eigenvalue weighted by atomic mass is 10.1. The molecular weight excluding hydrogens is 435 g/mol. The molecule has 1 heterocycles. The van der Waals surface area contributed by atoms with E-state index in [0.29, 0.717) is 12.2 Å². The zero-order valence-corrected chi connectivity index (χ0v) is 17.7. The first kappa shape index (κ1) is 21.2. The van der Waals surface area contributed by atoms with Crippen LogP contribution in [0.1, 0.15) is 11.1 Å². The molecule has 0 radical (unpaired) electrons. The van der Waals surface area contributed by atoms with Crippen molar-refractivity contribution in [2.75, 3.05) is 4.72 Å². The van der Waals surface area contributed by atoms with Crippen molar-refractivity contribution in [3.8, 4) is 0 Å². The number of aryl methyl sites for hydroxylation is 1. The van der Waals surface area contributed by atoms with E-state index in [-0.39, 0.29) is 27.3 Å². The molecule has 0 atom stereocenters. The zero-order valence-electron chi connectivity index (χ0n) is 15.4. The summed E-state index contributed by atoms with van der Waals surface area (Å²) in [5.41, 5.74) is 2.04. The number of nitrogens with one attached hydrogen (secondary N) is 2. The van der Waals surface area contributed by atoms with Crippen LogP contribution in [0, 0.1) is 0 Å². The number of carbonyl (C=O) groups is 1. The van der Waals surface area contributed by atoms with Crippen molar-refractivity contribution in [2.24, 2.45) is 7.05 Å². The second-order valence-corrected chi connectivity index (χ2v) is 8.85. The van der Waals surface area contributed by atoms with Crippen molar-refractivity contribution in [3.05, 3.63) is 76.0 Å². The maximum Gasteiger partial charge on any atom is 0.261 e. The number of amides is 1. The normalized spacial score (nSPS) is 11.3. The molecule has 3 aromatic rings. The Kier molecular flexibility index (Phi) is 6.46. The Morgan fingerprint density at radius 1 is 1.07 bits per heavy atom. The largest absolute Gasteiger partial charge is 0.352 e. The molecule has 0 aliphatic heterocycles. The summed E-state index contributed by atoms with van der Waals surface area (Å²) in [6.07, 6.45) is 3.70. The molecule has 152 valence electrons. The van der Waals surface area contributed by atoms with E-state index >= 15 is 0 Å². The first-order valence-electron chi connectivity index (χ1n) is 8.54. The lowest BCUT2D eigenvalue weighted by molar-refractivity contribution is -0.120. The van der Waals surface area contributed by atoms with Gasteiger partial charge >= 0.3 is 0 Å². The molecule has 10 heteroatoms. The average molecular weight is 453 g/mol. The summed E-state index contributed by atoms with van der Waals surface area (Å²) in [6.45, 7) is 0.397. The van der Waals surface area contributed by atoms with Crippen LogP contribution in [0.2, 0.25) is 10.0 Å². The lowest BCUT2D eigenvalue weighted by Gasteiger charge is -2.10. The third kappa shape index (κ3) is 5.72. The minimum atomic E-state index is -3.81. The van der Waals surface area contributed by atoms with Crippen LogP contribution in [-0.2, 0) is 34.8 Å². The van der Waals surface area contributed by atoms with Gasteiger partial charge in [0.05, 0.1) is 27.6 Å². The standard InChI is InChI=1S/C19H18Cl2N4O3S/c1-25-12-14(11-23-25)10-22-19(26)8-13-2-4-15(5-3-13)24-29(27,28)16-6-7-17(20)18(21)9-16/h2-7,9,11-12,24H,8,10H2,1H3,(H,22,26). The molecule has 1 aromatic heterocycles. The average Bonchev–Trinajstić information content (AvgIpc) is 3.09. The molecule has 0 aliphatic rings. The smallest absolute Gasteiger partial charge is 0.261 e. The Labute approximate surface area is 178 Å². The van der Waals surface area contributed by atoms with Gasteiger partial charge in [-0.05, 0) is 35.9 Å². The molecule has 0 bridgehead atoms. The molecule has 0 unspecified atom stereocenters. The number of hydrogen-bond donors (Lipinski definition) is 2. The molecule has 0 saturated heterocycles. The molecule has 3 rings (SSSR count). The number of carbonyl (C=O) groups excluding carboxylic acids is 1. The minimum Gasteiger partial charge on any atom is -0.352 e. The molecule has 2 N–H and O–H groups in total. The number of anilines is 1. The first-order valence-corrected chi connectivity index (χ1v) is 10.8. The van der Waals surface area contributed by atoms with Crippen LogP contribution in [0.3, 0.4) is 0 Å². The number of sulfonamides is 1. The van der Waals surface area contributed by atoms with E-state index in [9.17, 15) is 13.2 Å². The number of halogens is 2. The lowest BCUT2D eigenvalue weighted by Crippen LogP contribution is -2.24. The van der Waals surface area contributed by atoms with Gasteiger partial charge in [-0.2, -0.15) is 5.10 Å². The molecule has 29 heavy (non-hydrogen) atoms.